The molecule has 4 aromatic heterocycles. The zero-order chi connectivity index (χ0) is 33.6. The third-order valence-electron chi connectivity index (χ3n) is 7.44. The number of carboxylic acid groups (broad SMARTS) is 1. The number of nitrogens with zero attached hydrogens (tertiary/aromatic N) is 5. The minimum atomic E-state index is -2.84. The van der Waals surface area contributed by atoms with Gasteiger partial charge in [-0.05, 0) is 56.3 Å². The number of hydrogen-bond donors (Lipinski definition) is 1. The maximum Gasteiger partial charge on any atom is 0.338 e. The van der Waals surface area contributed by atoms with Crippen molar-refractivity contribution < 1.29 is 23.4 Å². The molecule has 0 radical (unpaired) electrons. The average Bonchev–Trinajstić information content (AvgIpc) is 3.46. The summed E-state index contributed by atoms with van der Waals surface area (Å²) in [5, 5.41) is 21.8. The van der Waals surface area contributed by atoms with Gasteiger partial charge in [0, 0.05) is 32.8 Å². The van der Waals surface area contributed by atoms with Gasteiger partial charge >= 0.3 is 5.97 Å². The van der Waals surface area contributed by atoms with Gasteiger partial charge in [0.2, 0.25) is 0 Å². The van der Waals surface area contributed by atoms with Gasteiger partial charge in [-0.1, -0.05) is 29.3 Å². The van der Waals surface area contributed by atoms with E-state index in [9.17, 15) is 28.7 Å². The number of aromatic nitrogens is 4. The van der Waals surface area contributed by atoms with E-state index < -0.39 is 23.6 Å². The van der Waals surface area contributed by atoms with Crippen molar-refractivity contribution in [3.63, 3.8) is 0 Å². The number of nitriles is 1. The van der Waals surface area contributed by atoms with Crippen LogP contribution in [0.4, 0.5) is 8.78 Å². The van der Waals surface area contributed by atoms with E-state index in [2.05, 4.69) is 15.0 Å². The van der Waals surface area contributed by atoms with Gasteiger partial charge in [-0.25, -0.2) is 23.5 Å². The molecule has 0 amide bonds. The van der Waals surface area contributed by atoms with Crippen LogP contribution in [0.5, 0.6) is 5.75 Å². The Balaban J connectivity index is 1.38. The highest BCUT2D eigenvalue weighted by molar-refractivity contribution is 7.18. The number of alkyl halides is 2. The summed E-state index contributed by atoms with van der Waals surface area (Å²) >= 11 is 14.1. The zero-order valence-corrected chi connectivity index (χ0v) is 26.8. The number of carboxylic acids is 1. The van der Waals surface area contributed by atoms with Crippen molar-refractivity contribution >= 4 is 61.6 Å². The second kappa shape index (κ2) is 12.7. The Morgan fingerprint density at radius 3 is 2.62 bits per heavy atom. The van der Waals surface area contributed by atoms with Crippen molar-refractivity contribution in [2.45, 2.75) is 26.8 Å². The number of carbonyl (C=O) groups is 1. The summed E-state index contributed by atoms with van der Waals surface area (Å²) in [4.78, 5) is 38.6. The summed E-state index contributed by atoms with van der Waals surface area (Å²) in [5.74, 6) is -0.318. The lowest BCUT2D eigenvalue weighted by molar-refractivity contribution is 0.0699. The highest BCUT2D eigenvalue weighted by atomic mass is 35.5. The first-order chi connectivity index (χ1) is 22.5. The Morgan fingerprint density at radius 1 is 1.11 bits per heavy atom. The highest BCUT2D eigenvalue weighted by Gasteiger charge is 2.23. The number of aromatic carboxylic acids is 1. The minimum absolute atomic E-state index is 0.000906. The SMILES string of the molecule is Cc1cc(-c2cc(Cl)ccc2OCCn2c(C)nc3cc(Cl)c(-c4cccc(C(F)F)n4)c(C#N)c3c2=O)c2scc(C(=O)O)c2n1. The Kier molecular flexibility index (Phi) is 8.63. The first kappa shape index (κ1) is 32.0. The van der Waals surface area contributed by atoms with Crippen molar-refractivity contribution in [1.29, 1.82) is 5.26 Å². The van der Waals surface area contributed by atoms with Crippen molar-refractivity contribution in [2.75, 3.05) is 6.61 Å². The number of pyridine rings is 2. The summed E-state index contributed by atoms with van der Waals surface area (Å²) in [6.45, 7) is 3.42. The quantitative estimate of drug-likeness (QED) is 0.169. The van der Waals surface area contributed by atoms with E-state index in [4.69, 9.17) is 27.9 Å². The molecule has 6 rings (SSSR count). The van der Waals surface area contributed by atoms with Gasteiger partial charge in [0.15, 0.2) is 0 Å². The molecule has 0 aliphatic carbocycles. The number of ether oxygens (including phenoxy) is 1. The van der Waals surface area contributed by atoms with Gasteiger partial charge in [0.1, 0.15) is 29.9 Å². The van der Waals surface area contributed by atoms with Gasteiger partial charge < -0.3 is 9.84 Å². The molecular formula is C33H21Cl2F2N5O4S. The van der Waals surface area contributed by atoms with E-state index in [-0.39, 0.29) is 51.5 Å². The molecule has 0 spiro atoms. The number of hydrogen-bond acceptors (Lipinski definition) is 8. The Labute approximate surface area is 279 Å². The van der Waals surface area contributed by atoms with E-state index in [1.54, 1.807) is 32.0 Å². The molecule has 0 unspecified atom stereocenters. The van der Waals surface area contributed by atoms with Crippen LogP contribution in [-0.4, -0.2) is 37.2 Å². The number of aryl methyl sites for hydroxylation is 2. The van der Waals surface area contributed by atoms with Crippen molar-refractivity contribution in [1.82, 2.24) is 19.5 Å². The van der Waals surface area contributed by atoms with Crippen LogP contribution in [0.3, 0.4) is 0 Å². The number of halogens is 4. The summed E-state index contributed by atoms with van der Waals surface area (Å²) in [7, 11) is 0. The molecule has 1 N–H and O–H groups in total. The predicted octanol–water partition coefficient (Wildman–Crippen LogP) is 8.25. The van der Waals surface area contributed by atoms with E-state index in [0.717, 1.165) is 6.07 Å². The molecule has 0 saturated heterocycles. The van der Waals surface area contributed by atoms with Crippen molar-refractivity contribution in [2.24, 2.45) is 0 Å². The molecule has 4 heterocycles. The molecule has 0 fully saturated rings. The third-order valence-corrected chi connectivity index (χ3v) is 8.97. The summed E-state index contributed by atoms with van der Waals surface area (Å²) in [5.41, 5.74) is 1.44. The second-order valence-electron chi connectivity index (χ2n) is 10.4. The van der Waals surface area contributed by atoms with Crippen molar-refractivity contribution in [3.8, 4) is 34.2 Å². The number of rotatable bonds is 8. The largest absolute Gasteiger partial charge is 0.491 e. The summed E-state index contributed by atoms with van der Waals surface area (Å²) in [6, 6.07) is 14.3. The average molecular weight is 693 g/mol. The zero-order valence-electron chi connectivity index (χ0n) is 24.5. The molecule has 0 saturated carbocycles. The fourth-order valence-electron chi connectivity index (χ4n) is 5.37. The first-order valence-electron chi connectivity index (χ1n) is 13.9. The normalized spacial score (nSPS) is 11.4. The third kappa shape index (κ3) is 5.89. The molecule has 47 heavy (non-hydrogen) atoms. The van der Waals surface area contributed by atoms with Crippen LogP contribution in [0.15, 0.2) is 58.7 Å². The van der Waals surface area contributed by atoms with Gasteiger partial charge in [0.25, 0.3) is 12.0 Å². The molecule has 0 atom stereocenters. The van der Waals surface area contributed by atoms with E-state index >= 15 is 0 Å². The summed E-state index contributed by atoms with van der Waals surface area (Å²) in [6.07, 6.45) is -2.84. The van der Waals surface area contributed by atoms with Crippen LogP contribution in [0, 0.1) is 25.2 Å². The molecule has 14 heteroatoms. The Hall–Kier alpha value is -4.96. The molecule has 0 aliphatic rings. The minimum Gasteiger partial charge on any atom is -0.491 e. The first-order valence-corrected chi connectivity index (χ1v) is 15.6. The van der Waals surface area contributed by atoms with Crippen LogP contribution in [0.2, 0.25) is 10.0 Å². The lowest BCUT2D eigenvalue weighted by Gasteiger charge is -2.16. The fourth-order valence-corrected chi connectivity index (χ4v) is 6.85. The summed E-state index contributed by atoms with van der Waals surface area (Å²) < 4.78 is 35.0. The van der Waals surface area contributed by atoms with E-state index in [0.29, 0.717) is 43.6 Å². The molecule has 9 nitrogen and oxygen atoms in total. The topological polar surface area (TPSA) is 131 Å². The smallest absolute Gasteiger partial charge is 0.338 e. The number of thiophene rings is 1. The number of benzene rings is 2. The molecule has 6 aromatic rings. The predicted molar refractivity (Wildman–Crippen MR) is 176 cm³/mol. The van der Waals surface area contributed by atoms with Crippen LogP contribution in [0.25, 0.3) is 43.5 Å². The van der Waals surface area contributed by atoms with Crippen LogP contribution >= 0.6 is 34.5 Å². The molecular weight excluding hydrogens is 671 g/mol. The van der Waals surface area contributed by atoms with Gasteiger partial charge in [-0.2, -0.15) is 5.26 Å². The van der Waals surface area contributed by atoms with Crippen molar-refractivity contribution in [3.05, 3.63) is 103 Å². The second-order valence-corrected chi connectivity index (χ2v) is 12.1. The molecule has 236 valence electrons. The standard InChI is InChI=1S/C33H21Cl2F2N5O4S/c1-15-10-19(30-29(39-15)21(14-47-30)33(44)45)18-11-17(34)6-7-26(18)46-9-8-42-16(2)40-25-12-22(35)27(20(13-38)28(25)32(42)43)23-4-3-5-24(41-23)31(36)37/h3-7,10-12,14,31H,8-9H2,1-2H3,(H,44,45). The van der Waals surface area contributed by atoms with E-state index in [1.165, 1.54) is 39.5 Å². The fraction of sp³-hybridized carbons (Fsp3) is 0.152. The van der Waals surface area contributed by atoms with E-state index in [1.807, 2.05) is 12.1 Å². The molecule has 0 bridgehead atoms. The maximum absolute atomic E-state index is 13.9. The number of fused-ring (bicyclic) bond motifs is 2. The van der Waals surface area contributed by atoms with Crippen LogP contribution in [-0.2, 0) is 6.54 Å². The highest BCUT2D eigenvalue weighted by Crippen LogP contribution is 2.40. The monoisotopic (exact) mass is 691 g/mol. The molecule has 0 aliphatic heterocycles. The van der Waals surface area contributed by atoms with Gasteiger partial charge in [-0.15, -0.1) is 11.3 Å². The van der Waals surface area contributed by atoms with Gasteiger partial charge in [-0.3, -0.25) is 14.3 Å². The maximum atomic E-state index is 13.9. The lowest BCUT2D eigenvalue weighted by Crippen LogP contribution is -2.27. The Morgan fingerprint density at radius 2 is 1.89 bits per heavy atom. The molecule has 2 aromatic carbocycles. The van der Waals surface area contributed by atoms with Crippen LogP contribution < -0.4 is 10.3 Å². The van der Waals surface area contributed by atoms with Crippen LogP contribution in [0.1, 0.15) is 39.6 Å². The van der Waals surface area contributed by atoms with Gasteiger partial charge in [0.05, 0.1) is 49.5 Å². The Bertz CT molecular complexity index is 2350. The lowest BCUT2D eigenvalue weighted by atomic mass is 10.00.